The average molecular weight is 470 g/mol. The number of anilines is 1. The highest BCUT2D eigenvalue weighted by atomic mass is 16.5. The number of fused-ring (bicyclic) bond motifs is 1. The zero-order valence-corrected chi connectivity index (χ0v) is 19.4. The van der Waals surface area contributed by atoms with Crippen molar-refractivity contribution < 1.29 is 28.7 Å². The molecule has 182 valence electrons. The van der Waals surface area contributed by atoms with Crippen LogP contribution in [0, 0.1) is 0 Å². The number of hydrogen-bond acceptors (Lipinski definition) is 6. The number of nitrogens with one attached hydrogen (secondary N) is 2. The van der Waals surface area contributed by atoms with Crippen LogP contribution in [-0.4, -0.2) is 47.1 Å². The summed E-state index contributed by atoms with van der Waals surface area (Å²) in [6.45, 7) is 2.08. The van der Waals surface area contributed by atoms with E-state index < -0.39 is 11.9 Å². The van der Waals surface area contributed by atoms with Crippen molar-refractivity contribution >= 4 is 35.3 Å². The molecule has 1 atom stereocenters. The number of esters is 1. The highest BCUT2D eigenvalue weighted by Crippen LogP contribution is 2.32. The number of carbonyl (C=O) groups is 5. The molecule has 0 spiro atoms. The third-order valence-corrected chi connectivity index (χ3v) is 5.93. The van der Waals surface area contributed by atoms with Crippen molar-refractivity contribution in [3.63, 3.8) is 0 Å². The predicted octanol–water partition coefficient (Wildman–Crippen LogP) is 2.85. The van der Waals surface area contributed by atoms with Gasteiger partial charge in [-0.05, 0) is 43.9 Å². The number of imide groups is 1. The first-order valence-electron chi connectivity index (χ1n) is 11.7. The van der Waals surface area contributed by atoms with Crippen LogP contribution in [0.3, 0.4) is 0 Å². The number of unbranched alkanes of at least 4 members (excludes halogenated alkanes) is 5. The summed E-state index contributed by atoms with van der Waals surface area (Å²) in [6.07, 6.45) is 9.52. The highest BCUT2D eigenvalue weighted by Gasteiger charge is 2.39. The number of ether oxygens (including phenoxy) is 1. The molecule has 0 aromatic heterocycles. The minimum atomic E-state index is -0.692. The molecular weight excluding hydrogens is 438 g/mol. The van der Waals surface area contributed by atoms with Crippen LogP contribution in [0.5, 0.6) is 0 Å². The largest absolute Gasteiger partial charge is 0.466 e. The third-order valence-electron chi connectivity index (χ3n) is 5.93. The quantitative estimate of drug-likeness (QED) is 0.222. The number of carbonyl (C=O) groups excluding carboxylic acids is 5. The van der Waals surface area contributed by atoms with Gasteiger partial charge in [-0.2, -0.15) is 0 Å². The fourth-order valence-electron chi connectivity index (χ4n) is 4.18. The fraction of sp³-hybridized carbons (Fsp3) is 0.480. The van der Waals surface area contributed by atoms with Gasteiger partial charge in [0.2, 0.25) is 17.7 Å². The lowest BCUT2D eigenvalue weighted by molar-refractivity contribution is -0.141. The Morgan fingerprint density at radius 3 is 2.68 bits per heavy atom. The van der Waals surface area contributed by atoms with Crippen LogP contribution in [-0.2, 0) is 30.5 Å². The molecule has 2 N–H and O–H groups in total. The van der Waals surface area contributed by atoms with Crippen LogP contribution in [0.1, 0.15) is 74.2 Å². The molecule has 0 bridgehead atoms. The molecule has 34 heavy (non-hydrogen) atoms. The van der Waals surface area contributed by atoms with Crippen LogP contribution in [0.4, 0.5) is 5.69 Å². The number of allylic oxidation sites excluding steroid dienone is 1. The Labute approximate surface area is 198 Å². The van der Waals surface area contributed by atoms with Crippen molar-refractivity contribution in [1.82, 2.24) is 10.2 Å². The first-order valence-corrected chi connectivity index (χ1v) is 11.7. The zero-order chi connectivity index (χ0) is 24.5. The molecule has 0 radical (unpaired) electrons. The van der Waals surface area contributed by atoms with Crippen LogP contribution in [0.25, 0.3) is 0 Å². The van der Waals surface area contributed by atoms with E-state index in [-0.39, 0.29) is 36.7 Å². The standard InChI is InChI=1S/C25H31N3O6/c1-17(29)34-15-8-6-4-2-3-5-7-12-22(30)26-20-11-9-10-18-19(20)16-28(25(18)33)21-13-14-23(31)27-24(21)32/h7,9-12,21H,2-6,8,13-16H2,1H3,(H,26,30)(H,27,31,32)/b12-7+. The van der Waals surface area contributed by atoms with Gasteiger partial charge in [0.1, 0.15) is 6.04 Å². The molecule has 2 aliphatic rings. The molecule has 2 heterocycles. The Morgan fingerprint density at radius 1 is 1.15 bits per heavy atom. The summed E-state index contributed by atoms with van der Waals surface area (Å²) in [5.74, 6) is -1.59. The Morgan fingerprint density at radius 2 is 1.91 bits per heavy atom. The number of nitrogens with zero attached hydrogens (tertiary/aromatic N) is 1. The molecule has 1 aromatic carbocycles. The molecular formula is C25H31N3O6. The SMILES string of the molecule is CC(=O)OCCCCCCC/C=C/C(=O)Nc1cccc2c1CN(C1CCC(=O)NC1=O)C2=O. The van der Waals surface area contributed by atoms with E-state index in [1.165, 1.54) is 17.9 Å². The number of benzene rings is 1. The fourth-order valence-corrected chi connectivity index (χ4v) is 4.18. The molecule has 2 aliphatic heterocycles. The van der Waals surface area contributed by atoms with Crippen molar-refractivity contribution in [1.29, 1.82) is 0 Å². The summed E-state index contributed by atoms with van der Waals surface area (Å²) in [4.78, 5) is 61.0. The maximum Gasteiger partial charge on any atom is 0.302 e. The third kappa shape index (κ3) is 6.76. The number of rotatable bonds is 11. The van der Waals surface area contributed by atoms with Gasteiger partial charge in [-0.15, -0.1) is 0 Å². The summed E-state index contributed by atoms with van der Waals surface area (Å²) in [7, 11) is 0. The van der Waals surface area contributed by atoms with Gasteiger partial charge in [0.05, 0.1) is 6.61 Å². The van der Waals surface area contributed by atoms with Crippen molar-refractivity contribution in [2.45, 2.75) is 70.9 Å². The molecule has 4 amide bonds. The molecule has 9 heteroatoms. The summed E-state index contributed by atoms with van der Waals surface area (Å²) in [6, 6.07) is 4.43. The summed E-state index contributed by atoms with van der Waals surface area (Å²) < 4.78 is 4.90. The number of hydrogen-bond donors (Lipinski definition) is 2. The molecule has 3 rings (SSSR count). The normalized spacial score (nSPS) is 17.6. The average Bonchev–Trinajstić information content (AvgIpc) is 3.12. The van der Waals surface area contributed by atoms with Crippen molar-refractivity contribution in [2.75, 3.05) is 11.9 Å². The second kappa shape index (κ2) is 12.1. The first-order chi connectivity index (χ1) is 16.4. The lowest BCUT2D eigenvalue weighted by Crippen LogP contribution is -2.52. The van der Waals surface area contributed by atoms with Crippen LogP contribution >= 0.6 is 0 Å². The van der Waals surface area contributed by atoms with Gasteiger partial charge in [-0.3, -0.25) is 29.3 Å². The van der Waals surface area contributed by atoms with Gasteiger partial charge in [-0.25, -0.2) is 0 Å². The Balaban J connectivity index is 1.45. The second-order valence-electron chi connectivity index (χ2n) is 8.52. The lowest BCUT2D eigenvalue weighted by atomic mass is 10.0. The maximum atomic E-state index is 12.9. The smallest absolute Gasteiger partial charge is 0.302 e. The van der Waals surface area contributed by atoms with Crippen molar-refractivity contribution in [3.8, 4) is 0 Å². The van der Waals surface area contributed by atoms with E-state index in [9.17, 15) is 24.0 Å². The molecule has 0 saturated carbocycles. The van der Waals surface area contributed by atoms with E-state index in [2.05, 4.69) is 10.6 Å². The van der Waals surface area contributed by atoms with Gasteiger partial charge < -0.3 is 15.0 Å². The summed E-state index contributed by atoms with van der Waals surface area (Å²) >= 11 is 0. The summed E-state index contributed by atoms with van der Waals surface area (Å²) in [5.41, 5.74) is 1.68. The van der Waals surface area contributed by atoms with Crippen LogP contribution < -0.4 is 10.6 Å². The van der Waals surface area contributed by atoms with Gasteiger partial charge in [-0.1, -0.05) is 31.4 Å². The van der Waals surface area contributed by atoms with Gasteiger partial charge in [0.25, 0.3) is 5.91 Å². The lowest BCUT2D eigenvalue weighted by Gasteiger charge is -2.29. The van der Waals surface area contributed by atoms with Gasteiger partial charge >= 0.3 is 5.97 Å². The molecule has 1 aromatic rings. The topological polar surface area (TPSA) is 122 Å². The highest BCUT2D eigenvalue weighted by molar-refractivity contribution is 6.07. The Bertz CT molecular complexity index is 987. The van der Waals surface area contributed by atoms with E-state index in [0.29, 0.717) is 29.8 Å². The molecule has 1 fully saturated rings. The number of piperidine rings is 1. The molecule has 9 nitrogen and oxygen atoms in total. The predicted molar refractivity (Wildman–Crippen MR) is 125 cm³/mol. The van der Waals surface area contributed by atoms with E-state index in [4.69, 9.17) is 4.74 Å². The van der Waals surface area contributed by atoms with Crippen molar-refractivity contribution in [3.05, 3.63) is 41.5 Å². The van der Waals surface area contributed by atoms with Crippen molar-refractivity contribution in [2.24, 2.45) is 0 Å². The van der Waals surface area contributed by atoms with E-state index in [1.54, 1.807) is 18.2 Å². The first kappa shape index (κ1) is 25.1. The maximum absolute atomic E-state index is 12.9. The second-order valence-corrected chi connectivity index (χ2v) is 8.52. The summed E-state index contributed by atoms with van der Waals surface area (Å²) in [5, 5.41) is 5.12. The van der Waals surface area contributed by atoms with Crippen LogP contribution in [0.15, 0.2) is 30.4 Å². The Hall–Kier alpha value is -3.49. The minimum Gasteiger partial charge on any atom is -0.466 e. The molecule has 1 saturated heterocycles. The molecule has 0 aliphatic carbocycles. The van der Waals surface area contributed by atoms with E-state index in [1.807, 2.05) is 6.08 Å². The Kier molecular flexibility index (Phi) is 8.95. The van der Waals surface area contributed by atoms with Gasteiger partial charge in [0, 0.05) is 36.7 Å². The van der Waals surface area contributed by atoms with E-state index >= 15 is 0 Å². The van der Waals surface area contributed by atoms with Crippen LogP contribution in [0.2, 0.25) is 0 Å². The van der Waals surface area contributed by atoms with Gasteiger partial charge in [0.15, 0.2) is 0 Å². The monoisotopic (exact) mass is 469 g/mol. The number of amides is 4. The molecule has 1 unspecified atom stereocenters. The minimum absolute atomic E-state index is 0.194. The zero-order valence-electron chi connectivity index (χ0n) is 19.4. The van der Waals surface area contributed by atoms with E-state index in [0.717, 1.165) is 38.5 Å².